The van der Waals surface area contributed by atoms with Crippen molar-refractivity contribution in [2.24, 2.45) is 0 Å². The van der Waals surface area contributed by atoms with E-state index in [4.69, 9.17) is 5.11 Å². The van der Waals surface area contributed by atoms with Gasteiger partial charge < -0.3 is 10.0 Å². The molecule has 0 spiro atoms. The molecule has 1 amide bonds. The van der Waals surface area contributed by atoms with Crippen LogP contribution < -0.4 is 0 Å². The lowest BCUT2D eigenvalue weighted by atomic mass is 10.0. The van der Waals surface area contributed by atoms with E-state index in [1.807, 2.05) is 11.4 Å². The number of thiophene rings is 1. The Bertz CT molecular complexity index is 695. The molecular formula is C17H20N2O2S2. The number of amides is 1. The number of hydrogen-bond donors (Lipinski definition) is 1. The highest BCUT2D eigenvalue weighted by atomic mass is 32.1. The van der Waals surface area contributed by atoms with Gasteiger partial charge in [0.25, 0.3) is 0 Å². The number of hydrogen-bond acceptors (Lipinski definition) is 5. The van der Waals surface area contributed by atoms with Crippen LogP contribution in [0.3, 0.4) is 0 Å². The van der Waals surface area contributed by atoms with Crippen LogP contribution in [0.2, 0.25) is 0 Å². The average Bonchev–Trinajstić information content (AvgIpc) is 3.18. The van der Waals surface area contributed by atoms with Gasteiger partial charge in [-0.25, -0.2) is 4.98 Å². The van der Waals surface area contributed by atoms with Crippen molar-refractivity contribution in [3.8, 4) is 0 Å². The van der Waals surface area contributed by atoms with Gasteiger partial charge in [0, 0.05) is 22.9 Å². The van der Waals surface area contributed by atoms with Crippen LogP contribution in [0.25, 0.3) is 6.08 Å². The van der Waals surface area contributed by atoms with Crippen LogP contribution in [0.15, 0.2) is 17.5 Å². The number of aliphatic hydroxyl groups excluding tert-OH is 1. The second-order valence-corrected chi connectivity index (χ2v) is 7.84. The van der Waals surface area contributed by atoms with Crippen molar-refractivity contribution >= 4 is 34.7 Å². The van der Waals surface area contributed by atoms with Gasteiger partial charge in [-0.15, -0.1) is 22.7 Å². The van der Waals surface area contributed by atoms with Crippen LogP contribution in [0.1, 0.15) is 38.9 Å². The van der Waals surface area contributed by atoms with Gasteiger partial charge in [0.2, 0.25) is 5.91 Å². The average molecular weight is 348 g/mol. The summed E-state index contributed by atoms with van der Waals surface area (Å²) in [7, 11) is 1.81. The van der Waals surface area contributed by atoms with Crippen LogP contribution in [-0.4, -0.2) is 27.9 Å². The van der Waals surface area contributed by atoms with Gasteiger partial charge in [0.1, 0.15) is 5.01 Å². The number of nitrogens with zero attached hydrogens (tertiary/aromatic N) is 2. The predicted octanol–water partition coefficient (Wildman–Crippen LogP) is 3.25. The van der Waals surface area contributed by atoms with E-state index in [-0.39, 0.29) is 12.5 Å². The molecule has 23 heavy (non-hydrogen) atoms. The van der Waals surface area contributed by atoms with Crippen LogP contribution in [0, 0.1) is 0 Å². The van der Waals surface area contributed by atoms with Crippen LogP contribution in [0.5, 0.6) is 0 Å². The number of aryl methyl sites for hydroxylation is 2. The minimum Gasteiger partial charge on any atom is -0.392 e. The van der Waals surface area contributed by atoms with E-state index in [1.54, 1.807) is 35.4 Å². The number of aliphatic hydroxyl groups is 1. The molecule has 0 saturated heterocycles. The van der Waals surface area contributed by atoms with Gasteiger partial charge in [0.15, 0.2) is 0 Å². The molecule has 0 unspecified atom stereocenters. The van der Waals surface area contributed by atoms with Crippen molar-refractivity contribution in [2.75, 3.05) is 7.05 Å². The largest absolute Gasteiger partial charge is 0.392 e. The van der Waals surface area contributed by atoms with Crippen molar-refractivity contribution in [1.29, 1.82) is 0 Å². The van der Waals surface area contributed by atoms with Gasteiger partial charge >= 0.3 is 0 Å². The number of thiazole rings is 1. The zero-order chi connectivity index (χ0) is 16.2. The lowest BCUT2D eigenvalue weighted by molar-refractivity contribution is -0.125. The molecule has 0 radical (unpaired) electrons. The number of carbonyl (C=O) groups is 1. The number of likely N-dealkylation sites (N-methyl/N-ethyl adjacent to an activating group) is 1. The van der Waals surface area contributed by atoms with E-state index < -0.39 is 0 Å². The molecule has 2 aromatic rings. The summed E-state index contributed by atoms with van der Waals surface area (Å²) in [4.78, 5) is 21.0. The molecule has 122 valence electrons. The van der Waals surface area contributed by atoms with E-state index in [9.17, 15) is 4.79 Å². The fourth-order valence-corrected chi connectivity index (χ4v) is 4.61. The van der Waals surface area contributed by atoms with E-state index in [1.165, 1.54) is 34.7 Å². The maximum absolute atomic E-state index is 12.2. The Balaban J connectivity index is 1.59. The molecule has 0 atom stereocenters. The third kappa shape index (κ3) is 4.07. The fourth-order valence-electron chi connectivity index (χ4n) is 2.60. The van der Waals surface area contributed by atoms with Gasteiger partial charge in [-0.3, -0.25) is 4.79 Å². The summed E-state index contributed by atoms with van der Waals surface area (Å²) in [5.74, 6) is -0.0304. The first-order valence-electron chi connectivity index (χ1n) is 7.74. The minimum absolute atomic E-state index is 0.0304. The molecule has 0 fully saturated rings. The van der Waals surface area contributed by atoms with E-state index in [2.05, 4.69) is 4.98 Å². The van der Waals surface area contributed by atoms with Crippen LogP contribution >= 0.6 is 22.7 Å². The Kier molecular flexibility index (Phi) is 5.25. The van der Waals surface area contributed by atoms with Crippen molar-refractivity contribution in [2.45, 2.75) is 38.8 Å². The zero-order valence-corrected chi connectivity index (χ0v) is 14.8. The molecule has 3 rings (SSSR count). The predicted molar refractivity (Wildman–Crippen MR) is 94.5 cm³/mol. The lowest BCUT2D eigenvalue weighted by Crippen LogP contribution is -2.24. The molecule has 4 nitrogen and oxygen atoms in total. The van der Waals surface area contributed by atoms with Crippen LogP contribution in [0.4, 0.5) is 0 Å². The van der Waals surface area contributed by atoms with Crippen molar-refractivity contribution < 1.29 is 9.90 Å². The summed E-state index contributed by atoms with van der Waals surface area (Å²) in [6, 6.07) is 1.89. The van der Waals surface area contributed by atoms with Gasteiger partial charge in [-0.05, 0) is 48.8 Å². The third-order valence-corrected chi connectivity index (χ3v) is 5.97. The Labute approximate surface area is 144 Å². The summed E-state index contributed by atoms with van der Waals surface area (Å²) in [5.41, 5.74) is 2.12. The maximum atomic E-state index is 12.2. The lowest BCUT2D eigenvalue weighted by Gasteiger charge is -2.12. The molecule has 2 aromatic heterocycles. The molecule has 0 bridgehead atoms. The molecule has 1 aliphatic rings. The van der Waals surface area contributed by atoms with Gasteiger partial charge in [-0.2, -0.15) is 0 Å². The quantitative estimate of drug-likeness (QED) is 0.844. The van der Waals surface area contributed by atoms with E-state index in [0.29, 0.717) is 6.54 Å². The summed E-state index contributed by atoms with van der Waals surface area (Å²) in [6.07, 6.45) is 8.08. The summed E-state index contributed by atoms with van der Waals surface area (Å²) < 4.78 is 0. The first-order valence-corrected chi connectivity index (χ1v) is 9.44. The smallest absolute Gasteiger partial charge is 0.246 e. The summed E-state index contributed by atoms with van der Waals surface area (Å²) in [5, 5.41) is 12.0. The molecule has 6 heteroatoms. The fraction of sp³-hybridized carbons (Fsp3) is 0.412. The Morgan fingerprint density at radius 3 is 3.00 bits per heavy atom. The first-order chi connectivity index (χ1) is 11.2. The standard InChI is InChI=1S/C17H20N2O2S2/c1-19(9-16-18-14-4-2-3-5-15(14)23-16)17(21)7-6-13-8-12(10-20)11-22-13/h6-8,11,20H,2-5,9-10H2,1H3. The Hall–Kier alpha value is -1.50. The Morgan fingerprint density at radius 2 is 2.26 bits per heavy atom. The van der Waals surface area contributed by atoms with Gasteiger partial charge in [0.05, 0.1) is 18.8 Å². The molecule has 0 saturated carbocycles. The Morgan fingerprint density at radius 1 is 1.43 bits per heavy atom. The minimum atomic E-state index is -0.0304. The molecule has 2 heterocycles. The molecular weight excluding hydrogens is 328 g/mol. The first kappa shape index (κ1) is 16.4. The van der Waals surface area contributed by atoms with Gasteiger partial charge in [-0.1, -0.05) is 0 Å². The highest BCUT2D eigenvalue weighted by Gasteiger charge is 2.16. The van der Waals surface area contributed by atoms with Crippen LogP contribution in [-0.2, 0) is 30.8 Å². The normalized spacial score (nSPS) is 14.2. The SMILES string of the molecule is CN(Cc1nc2c(s1)CCCC2)C(=O)C=Cc1cc(CO)cs1. The monoisotopic (exact) mass is 348 g/mol. The highest BCUT2D eigenvalue weighted by molar-refractivity contribution is 7.11. The van der Waals surface area contributed by atoms with E-state index in [0.717, 1.165) is 28.3 Å². The molecule has 1 N–H and O–H groups in total. The topological polar surface area (TPSA) is 53.4 Å². The van der Waals surface area contributed by atoms with Crippen molar-refractivity contribution in [3.05, 3.63) is 43.5 Å². The zero-order valence-electron chi connectivity index (χ0n) is 13.1. The summed E-state index contributed by atoms with van der Waals surface area (Å²) in [6.45, 7) is 0.597. The third-order valence-electron chi connectivity index (χ3n) is 3.89. The second-order valence-electron chi connectivity index (χ2n) is 5.73. The molecule has 1 aliphatic carbocycles. The number of aromatic nitrogens is 1. The second kappa shape index (κ2) is 7.38. The highest BCUT2D eigenvalue weighted by Crippen LogP contribution is 2.27. The summed E-state index contributed by atoms with van der Waals surface area (Å²) >= 11 is 3.27. The number of fused-ring (bicyclic) bond motifs is 1. The molecule has 0 aromatic carbocycles. The van der Waals surface area contributed by atoms with E-state index >= 15 is 0 Å². The molecule has 0 aliphatic heterocycles. The van der Waals surface area contributed by atoms with Crippen molar-refractivity contribution in [3.63, 3.8) is 0 Å². The maximum Gasteiger partial charge on any atom is 0.246 e. The number of carbonyl (C=O) groups excluding carboxylic acids is 1. The number of rotatable bonds is 5. The van der Waals surface area contributed by atoms with Crippen molar-refractivity contribution in [1.82, 2.24) is 9.88 Å².